The van der Waals surface area contributed by atoms with Gasteiger partial charge >= 0.3 is 0 Å². The summed E-state index contributed by atoms with van der Waals surface area (Å²) in [5.41, 5.74) is 1.46. The molecule has 1 aromatic heterocycles. The topological polar surface area (TPSA) is 91.9 Å². The van der Waals surface area contributed by atoms with Gasteiger partial charge < -0.3 is 4.98 Å². The van der Waals surface area contributed by atoms with Gasteiger partial charge in [-0.2, -0.15) is 0 Å². The lowest BCUT2D eigenvalue weighted by molar-refractivity contribution is 0.602. The number of fused-ring (bicyclic) bond motifs is 1. The number of H-pyrrole nitrogens is 1. The second kappa shape index (κ2) is 6.26. The Morgan fingerprint density at radius 3 is 2.71 bits per heavy atom. The highest BCUT2D eigenvalue weighted by Crippen LogP contribution is 2.29. The molecule has 0 aliphatic heterocycles. The normalized spacial score (nSPS) is 11.6. The van der Waals surface area contributed by atoms with Crippen LogP contribution in [0, 0.1) is 0 Å². The molecule has 0 radical (unpaired) electrons. The predicted molar refractivity (Wildman–Crippen MR) is 95.9 cm³/mol. The SMILES string of the molecule is CCS(=O)(=O)Nc1ccc(Cl)cc1-c1nc2ccccc2[nH]c1=O. The van der Waals surface area contributed by atoms with E-state index >= 15 is 0 Å². The van der Waals surface area contributed by atoms with Crippen molar-refractivity contribution in [2.75, 3.05) is 10.5 Å². The van der Waals surface area contributed by atoms with Crippen LogP contribution in [0.4, 0.5) is 5.69 Å². The molecule has 6 nitrogen and oxygen atoms in total. The quantitative estimate of drug-likeness (QED) is 0.745. The van der Waals surface area contributed by atoms with Crippen molar-refractivity contribution in [3.8, 4) is 11.3 Å². The Labute approximate surface area is 143 Å². The molecule has 3 aromatic rings. The van der Waals surface area contributed by atoms with E-state index in [4.69, 9.17) is 11.6 Å². The lowest BCUT2D eigenvalue weighted by Crippen LogP contribution is -2.17. The lowest BCUT2D eigenvalue weighted by atomic mass is 10.1. The van der Waals surface area contributed by atoms with Gasteiger partial charge in [0.2, 0.25) is 10.0 Å². The zero-order chi connectivity index (χ0) is 17.3. The first-order valence-corrected chi connectivity index (χ1v) is 9.22. The van der Waals surface area contributed by atoms with Gasteiger partial charge in [-0.25, -0.2) is 13.4 Å². The van der Waals surface area contributed by atoms with Crippen LogP contribution in [-0.2, 0) is 10.0 Å². The first-order valence-electron chi connectivity index (χ1n) is 7.19. The van der Waals surface area contributed by atoms with Gasteiger partial charge in [-0.05, 0) is 37.3 Å². The number of nitrogens with zero attached hydrogens (tertiary/aromatic N) is 1. The minimum Gasteiger partial charge on any atom is -0.319 e. The average Bonchev–Trinajstić information content (AvgIpc) is 2.56. The van der Waals surface area contributed by atoms with Crippen LogP contribution in [0.1, 0.15) is 6.92 Å². The van der Waals surface area contributed by atoms with E-state index in [1.165, 1.54) is 19.1 Å². The van der Waals surface area contributed by atoms with Crippen LogP contribution in [0.3, 0.4) is 0 Å². The Morgan fingerprint density at radius 2 is 1.96 bits per heavy atom. The summed E-state index contributed by atoms with van der Waals surface area (Å²) in [5, 5.41) is 0.374. The summed E-state index contributed by atoms with van der Waals surface area (Å²) < 4.78 is 26.2. The molecule has 24 heavy (non-hydrogen) atoms. The first kappa shape index (κ1) is 16.5. The molecule has 3 rings (SSSR count). The van der Waals surface area contributed by atoms with E-state index in [1.54, 1.807) is 30.3 Å². The van der Waals surface area contributed by atoms with Crippen molar-refractivity contribution in [3.63, 3.8) is 0 Å². The maximum atomic E-state index is 12.4. The van der Waals surface area contributed by atoms with Gasteiger partial charge in [0.1, 0.15) is 5.69 Å². The number of benzene rings is 2. The first-order chi connectivity index (χ1) is 11.4. The molecule has 0 unspecified atom stereocenters. The third-order valence-corrected chi connectivity index (χ3v) is 5.01. The molecule has 124 valence electrons. The summed E-state index contributed by atoms with van der Waals surface area (Å²) in [6.45, 7) is 1.53. The summed E-state index contributed by atoms with van der Waals surface area (Å²) in [6.07, 6.45) is 0. The second-order valence-corrected chi connectivity index (χ2v) is 7.57. The van der Waals surface area contributed by atoms with Crippen molar-refractivity contribution >= 4 is 38.3 Å². The zero-order valence-corrected chi connectivity index (χ0v) is 14.3. The summed E-state index contributed by atoms with van der Waals surface area (Å²) in [4.78, 5) is 19.5. The Morgan fingerprint density at radius 1 is 1.21 bits per heavy atom. The zero-order valence-electron chi connectivity index (χ0n) is 12.7. The number of rotatable bonds is 4. The molecule has 1 heterocycles. The smallest absolute Gasteiger partial charge is 0.275 e. The summed E-state index contributed by atoms with van der Waals surface area (Å²) in [7, 11) is -3.50. The summed E-state index contributed by atoms with van der Waals surface area (Å²) >= 11 is 6.03. The van der Waals surface area contributed by atoms with Gasteiger partial charge in [0, 0.05) is 10.6 Å². The van der Waals surface area contributed by atoms with E-state index in [2.05, 4.69) is 14.7 Å². The number of aromatic amines is 1. The van der Waals surface area contributed by atoms with Crippen molar-refractivity contribution in [3.05, 3.63) is 57.8 Å². The number of para-hydroxylation sites is 2. The highest BCUT2D eigenvalue weighted by molar-refractivity contribution is 7.92. The Hall–Kier alpha value is -2.38. The summed E-state index contributed by atoms with van der Waals surface area (Å²) in [5.74, 6) is -0.0867. The number of hydrogen-bond acceptors (Lipinski definition) is 4. The van der Waals surface area contributed by atoms with Crippen LogP contribution < -0.4 is 10.3 Å². The molecule has 8 heteroatoms. The second-order valence-electron chi connectivity index (χ2n) is 5.13. The van der Waals surface area contributed by atoms with Gasteiger partial charge in [-0.3, -0.25) is 9.52 Å². The highest BCUT2D eigenvalue weighted by Gasteiger charge is 2.16. The predicted octanol–water partition coefficient (Wildman–Crippen LogP) is 3.01. The third-order valence-electron chi connectivity index (χ3n) is 3.48. The monoisotopic (exact) mass is 363 g/mol. The largest absolute Gasteiger partial charge is 0.319 e. The standard InChI is InChI=1S/C16H14ClN3O3S/c1-2-24(22,23)20-12-8-7-10(17)9-11(12)15-16(21)19-14-6-4-3-5-13(14)18-15/h3-9,20H,2H2,1H3,(H,19,21). The fraction of sp³-hybridized carbons (Fsp3) is 0.125. The molecule has 2 aromatic carbocycles. The van der Waals surface area contributed by atoms with Crippen LogP contribution >= 0.6 is 11.6 Å². The molecule has 2 N–H and O–H groups in total. The highest BCUT2D eigenvalue weighted by atomic mass is 35.5. The van der Waals surface area contributed by atoms with E-state index in [1.807, 2.05) is 0 Å². The Bertz CT molecular complexity index is 1080. The minimum absolute atomic E-state index is 0.0867. The minimum atomic E-state index is -3.50. The third kappa shape index (κ3) is 3.27. The average molecular weight is 364 g/mol. The fourth-order valence-corrected chi connectivity index (χ4v) is 3.08. The van der Waals surface area contributed by atoms with Crippen LogP contribution in [0.25, 0.3) is 22.3 Å². The van der Waals surface area contributed by atoms with Crippen LogP contribution in [0.2, 0.25) is 5.02 Å². The Kier molecular flexibility index (Phi) is 4.29. The number of halogens is 1. The number of sulfonamides is 1. The van der Waals surface area contributed by atoms with Crippen molar-refractivity contribution in [1.82, 2.24) is 9.97 Å². The van der Waals surface area contributed by atoms with E-state index in [-0.39, 0.29) is 17.1 Å². The van der Waals surface area contributed by atoms with E-state index in [9.17, 15) is 13.2 Å². The molecule has 0 bridgehead atoms. The van der Waals surface area contributed by atoms with E-state index in [0.717, 1.165) is 0 Å². The number of nitrogens with one attached hydrogen (secondary N) is 2. The molecule has 0 fully saturated rings. The molecule has 0 atom stereocenters. The van der Waals surface area contributed by atoms with Gasteiger partial charge in [-0.1, -0.05) is 23.7 Å². The molecular weight excluding hydrogens is 350 g/mol. The number of anilines is 1. The lowest BCUT2D eigenvalue weighted by Gasteiger charge is -2.12. The maximum absolute atomic E-state index is 12.4. The number of hydrogen-bond donors (Lipinski definition) is 2. The molecule has 0 saturated heterocycles. The molecule has 0 saturated carbocycles. The maximum Gasteiger partial charge on any atom is 0.275 e. The molecule has 0 aliphatic rings. The van der Waals surface area contributed by atoms with Crippen LogP contribution in [-0.4, -0.2) is 24.1 Å². The van der Waals surface area contributed by atoms with Gasteiger partial charge in [-0.15, -0.1) is 0 Å². The number of aromatic nitrogens is 2. The van der Waals surface area contributed by atoms with Crippen molar-refractivity contribution in [1.29, 1.82) is 0 Å². The van der Waals surface area contributed by atoms with Crippen molar-refractivity contribution in [2.24, 2.45) is 0 Å². The molecule has 0 spiro atoms. The van der Waals surface area contributed by atoms with E-state index in [0.29, 0.717) is 21.6 Å². The van der Waals surface area contributed by atoms with E-state index < -0.39 is 15.6 Å². The molecular formula is C16H14ClN3O3S. The van der Waals surface area contributed by atoms with Gasteiger partial charge in [0.05, 0.1) is 22.5 Å². The Balaban J connectivity index is 2.24. The van der Waals surface area contributed by atoms with Crippen molar-refractivity contribution < 1.29 is 8.42 Å². The fourth-order valence-electron chi connectivity index (χ4n) is 2.25. The molecule has 0 amide bonds. The van der Waals surface area contributed by atoms with Gasteiger partial charge in [0.25, 0.3) is 5.56 Å². The summed E-state index contributed by atoms with van der Waals surface area (Å²) in [6, 6.07) is 11.7. The van der Waals surface area contributed by atoms with Crippen LogP contribution in [0.5, 0.6) is 0 Å². The van der Waals surface area contributed by atoms with Crippen molar-refractivity contribution in [2.45, 2.75) is 6.92 Å². The van der Waals surface area contributed by atoms with Crippen LogP contribution in [0.15, 0.2) is 47.3 Å². The van der Waals surface area contributed by atoms with Gasteiger partial charge in [0.15, 0.2) is 0 Å². The molecule has 0 aliphatic carbocycles.